The van der Waals surface area contributed by atoms with E-state index in [-0.39, 0.29) is 24.1 Å². The van der Waals surface area contributed by atoms with E-state index in [1.807, 2.05) is 20.8 Å². The number of benzene rings is 1. The van der Waals surface area contributed by atoms with Crippen LogP contribution in [0.4, 0.5) is 8.78 Å². The van der Waals surface area contributed by atoms with Crippen molar-refractivity contribution in [3.63, 3.8) is 0 Å². The van der Waals surface area contributed by atoms with Gasteiger partial charge in [-0.3, -0.25) is 0 Å². The third-order valence-corrected chi connectivity index (χ3v) is 4.00. The van der Waals surface area contributed by atoms with Crippen molar-refractivity contribution in [3.05, 3.63) is 29.3 Å². The average molecular weight is 306 g/mol. The average Bonchev–Trinajstić information content (AvgIpc) is 2.31. The Labute approximate surface area is 118 Å². The van der Waals surface area contributed by atoms with Gasteiger partial charge in [0.25, 0.3) is 0 Å². The summed E-state index contributed by atoms with van der Waals surface area (Å²) in [6, 6.07) is 1.90. The van der Waals surface area contributed by atoms with Crippen molar-refractivity contribution < 1.29 is 17.2 Å². The first-order chi connectivity index (χ1) is 9.08. The van der Waals surface area contributed by atoms with Crippen LogP contribution in [-0.4, -0.2) is 22.0 Å². The summed E-state index contributed by atoms with van der Waals surface area (Å²) in [5.41, 5.74) is -0.566. The highest BCUT2D eigenvalue weighted by atomic mass is 32.2. The maximum Gasteiger partial charge on any atom is 0.243 e. The van der Waals surface area contributed by atoms with Gasteiger partial charge < -0.3 is 5.32 Å². The van der Waals surface area contributed by atoms with Gasteiger partial charge in [-0.2, -0.15) is 0 Å². The summed E-state index contributed by atoms with van der Waals surface area (Å²) in [4.78, 5) is -0.534. The Morgan fingerprint density at radius 2 is 1.80 bits per heavy atom. The summed E-state index contributed by atoms with van der Waals surface area (Å²) >= 11 is 0. The SMILES string of the molecule is CNCc1c(F)ccc(S(=O)(=O)NCC(C)(C)C)c1F. The van der Waals surface area contributed by atoms with E-state index in [0.717, 1.165) is 12.1 Å². The zero-order chi connectivity index (χ0) is 15.6. The number of hydrogen-bond donors (Lipinski definition) is 2. The molecule has 114 valence electrons. The molecule has 0 aromatic heterocycles. The van der Waals surface area contributed by atoms with Crippen LogP contribution in [0, 0.1) is 17.0 Å². The number of rotatable bonds is 5. The minimum Gasteiger partial charge on any atom is -0.315 e. The van der Waals surface area contributed by atoms with Crippen LogP contribution in [0.3, 0.4) is 0 Å². The molecule has 20 heavy (non-hydrogen) atoms. The molecular formula is C13H20F2N2O2S. The number of halogens is 2. The molecule has 0 spiro atoms. The maximum atomic E-state index is 14.1. The lowest BCUT2D eigenvalue weighted by Crippen LogP contribution is -2.33. The molecule has 0 aliphatic heterocycles. The molecule has 0 aliphatic rings. The van der Waals surface area contributed by atoms with E-state index in [9.17, 15) is 17.2 Å². The molecular weight excluding hydrogens is 286 g/mol. The molecule has 0 unspecified atom stereocenters. The van der Waals surface area contributed by atoms with E-state index in [1.54, 1.807) is 0 Å². The fourth-order valence-electron chi connectivity index (χ4n) is 1.51. The van der Waals surface area contributed by atoms with Crippen LogP contribution < -0.4 is 10.0 Å². The molecule has 2 N–H and O–H groups in total. The van der Waals surface area contributed by atoms with Crippen molar-refractivity contribution in [1.29, 1.82) is 0 Å². The van der Waals surface area contributed by atoms with E-state index in [4.69, 9.17) is 0 Å². The molecule has 0 bridgehead atoms. The zero-order valence-electron chi connectivity index (χ0n) is 12.0. The predicted octanol–water partition coefficient (Wildman–Crippen LogP) is 2.01. The Morgan fingerprint density at radius 1 is 1.20 bits per heavy atom. The van der Waals surface area contributed by atoms with Gasteiger partial charge in [-0.05, 0) is 24.6 Å². The van der Waals surface area contributed by atoms with Crippen molar-refractivity contribution in [3.8, 4) is 0 Å². The first-order valence-corrected chi connectivity index (χ1v) is 7.68. The van der Waals surface area contributed by atoms with Crippen LogP contribution in [0.1, 0.15) is 26.3 Å². The zero-order valence-corrected chi connectivity index (χ0v) is 12.9. The first kappa shape index (κ1) is 17.0. The van der Waals surface area contributed by atoms with E-state index < -0.39 is 26.6 Å². The topological polar surface area (TPSA) is 58.2 Å². The summed E-state index contributed by atoms with van der Waals surface area (Å²) in [6.07, 6.45) is 0. The monoisotopic (exact) mass is 306 g/mol. The standard InChI is InChI=1S/C13H20F2N2O2S/c1-13(2,3)8-17-20(18,19)11-6-5-10(14)9(7-16-4)12(11)15/h5-6,16-17H,7-8H2,1-4H3. The van der Waals surface area contributed by atoms with Crippen LogP contribution in [0.5, 0.6) is 0 Å². The lowest BCUT2D eigenvalue weighted by Gasteiger charge is -2.19. The molecule has 4 nitrogen and oxygen atoms in total. The summed E-state index contributed by atoms with van der Waals surface area (Å²) in [6.45, 7) is 5.63. The second kappa shape index (κ2) is 6.15. The van der Waals surface area contributed by atoms with Crippen molar-refractivity contribution in [1.82, 2.24) is 10.0 Å². The van der Waals surface area contributed by atoms with E-state index in [2.05, 4.69) is 10.0 Å². The molecule has 0 radical (unpaired) electrons. The molecule has 7 heteroatoms. The lowest BCUT2D eigenvalue weighted by molar-refractivity contribution is 0.406. The van der Waals surface area contributed by atoms with Crippen LogP contribution in [0.25, 0.3) is 0 Å². The molecule has 0 amide bonds. The Morgan fingerprint density at radius 3 is 2.30 bits per heavy atom. The Bertz CT molecular complexity index is 581. The van der Waals surface area contributed by atoms with Crippen LogP contribution in [0.15, 0.2) is 17.0 Å². The van der Waals surface area contributed by atoms with Crippen molar-refractivity contribution in [2.24, 2.45) is 5.41 Å². The highest BCUT2D eigenvalue weighted by molar-refractivity contribution is 7.89. The predicted molar refractivity (Wildman–Crippen MR) is 73.8 cm³/mol. The highest BCUT2D eigenvalue weighted by Gasteiger charge is 2.24. The Balaban J connectivity index is 3.16. The molecule has 0 saturated carbocycles. The van der Waals surface area contributed by atoms with Crippen LogP contribution in [0.2, 0.25) is 0 Å². The summed E-state index contributed by atoms with van der Waals surface area (Å²) in [7, 11) is -2.48. The lowest BCUT2D eigenvalue weighted by atomic mass is 9.98. The molecule has 1 rings (SSSR count). The Kier molecular flexibility index (Phi) is 5.23. The largest absolute Gasteiger partial charge is 0.315 e. The van der Waals surface area contributed by atoms with Gasteiger partial charge in [-0.1, -0.05) is 20.8 Å². The number of sulfonamides is 1. The number of nitrogens with one attached hydrogen (secondary N) is 2. The van der Waals surface area contributed by atoms with E-state index in [0.29, 0.717) is 0 Å². The maximum absolute atomic E-state index is 14.1. The van der Waals surface area contributed by atoms with Gasteiger partial charge in [-0.15, -0.1) is 0 Å². The first-order valence-electron chi connectivity index (χ1n) is 6.19. The van der Waals surface area contributed by atoms with Crippen molar-refractivity contribution in [2.45, 2.75) is 32.2 Å². The third-order valence-electron chi connectivity index (χ3n) is 2.59. The molecule has 0 heterocycles. The molecule has 0 aliphatic carbocycles. The quantitative estimate of drug-likeness (QED) is 0.875. The Hall–Kier alpha value is -1.05. The summed E-state index contributed by atoms with van der Waals surface area (Å²) in [5, 5.41) is 2.61. The van der Waals surface area contributed by atoms with Gasteiger partial charge in [0.1, 0.15) is 10.7 Å². The van der Waals surface area contributed by atoms with Crippen molar-refractivity contribution in [2.75, 3.05) is 13.6 Å². The molecule has 1 aromatic carbocycles. The minimum absolute atomic E-state index is 0.0830. The fraction of sp³-hybridized carbons (Fsp3) is 0.538. The molecule has 0 fully saturated rings. The van der Waals surface area contributed by atoms with E-state index in [1.165, 1.54) is 7.05 Å². The second-order valence-corrected chi connectivity index (χ2v) is 7.49. The van der Waals surface area contributed by atoms with E-state index >= 15 is 0 Å². The third kappa shape index (κ3) is 4.22. The molecule has 0 saturated heterocycles. The van der Waals surface area contributed by atoms with Gasteiger partial charge in [0, 0.05) is 18.7 Å². The molecule has 1 aromatic rings. The second-order valence-electron chi connectivity index (χ2n) is 5.75. The highest BCUT2D eigenvalue weighted by Crippen LogP contribution is 2.22. The van der Waals surface area contributed by atoms with Gasteiger partial charge in [0.15, 0.2) is 5.82 Å². The van der Waals surface area contributed by atoms with Crippen molar-refractivity contribution >= 4 is 10.0 Å². The van der Waals surface area contributed by atoms with Crippen LogP contribution >= 0.6 is 0 Å². The summed E-state index contributed by atoms with van der Waals surface area (Å²) < 4.78 is 54.1. The fourth-order valence-corrected chi connectivity index (χ4v) is 2.90. The van der Waals surface area contributed by atoms with Gasteiger partial charge >= 0.3 is 0 Å². The number of hydrogen-bond acceptors (Lipinski definition) is 3. The van der Waals surface area contributed by atoms with Gasteiger partial charge in [-0.25, -0.2) is 21.9 Å². The van der Waals surface area contributed by atoms with Crippen LogP contribution in [-0.2, 0) is 16.6 Å². The summed E-state index contributed by atoms with van der Waals surface area (Å²) in [5.74, 6) is -1.83. The van der Waals surface area contributed by atoms with Gasteiger partial charge in [0.2, 0.25) is 10.0 Å². The minimum atomic E-state index is -4.00. The molecule has 0 atom stereocenters. The van der Waals surface area contributed by atoms with Gasteiger partial charge in [0.05, 0.1) is 0 Å². The smallest absolute Gasteiger partial charge is 0.243 e. The normalized spacial score (nSPS) is 12.7.